The van der Waals surface area contributed by atoms with Gasteiger partial charge in [-0.25, -0.2) is 8.78 Å². The van der Waals surface area contributed by atoms with Crippen molar-refractivity contribution in [1.82, 2.24) is 0 Å². The van der Waals surface area contributed by atoms with Crippen LogP contribution in [0.3, 0.4) is 0 Å². The second kappa shape index (κ2) is 8.97. The third-order valence-corrected chi connectivity index (χ3v) is 4.40. The fraction of sp³-hybridized carbons (Fsp3) is 0.933. The summed E-state index contributed by atoms with van der Waals surface area (Å²) in [6.07, 6.45) is -18.3. The maximum Gasteiger partial charge on any atom is 0.404 e. The van der Waals surface area contributed by atoms with Crippen molar-refractivity contribution in [3.63, 3.8) is 0 Å². The van der Waals surface area contributed by atoms with E-state index in [9.17, 15) is 61.9 Å². The van der Waals surface area contributed by atoms with Gasteiger partial charge in [-0.2, -0.15) is 48.3 Å². The molecule has 0 rings (SSSR count). The lowest BCUT2D eigenvalue weighted by molar-refractivity contribution is -0.264. The zero-order chi connectivity index (χ0) is 24.4. The minimum Gasteiger partial charge on any atom is -0.458 e. The van der Waals surface area contributed by atoms with E-state index in [1.807, 2.05) is 0 Å². The smallest absolute Gasteiger partial charge is 0.404 e. The van der Waals surface area contributed by atoms with Gasteiger partial charge in [-0.3, -0.25) is 4.79 Å². The first kappa shape index (κ1) is 28.6. The summed E-state index contributed by atoms with van der Waals surface area (Å²) in [5.74, 6) is -24.4. The lowest BCUT2D eigenvalue weighted by atomic mass is 9.87. The topological polar surface area (TPSA) is 26.3 Å². The molecule has 1 unspecified atom stereocenters. The summed E-state index contributed by atoms with van der Waals surface area (Å²) < 4.78 is 173. The number of hydrogen-bond donors (Lipinski definition) is 0. The molecule has 0 saturated heterocycles. The van der Waals surface area contributed by atoms with Crippen LogP contribution >= 0.6 is 0 Å². The molecule has 0 N–H and O–H groups in total. The maximum atomic E-state index is 13.6. The number of carbonyl (C=O) groups excluding carboxylic acids is 1. The molecule has 0 radical (unpaired) electrons. The van der Waals surface area contributed by atoms with E-state index in [-0.39, 0.29) is 6.92 Å². The van der Waals surface area contributed by atoms with Crippen LogP contribution in [0.4, 0.5) is 57.1 Å². The molecule has 0 aromatic carbocycles. The number of alkyl halides is 13. The van der Waals surface area contributed by atoms with Crippen LogP contribution in [0.1, 0.15) is 39.5 Å². The van der Waals surface area contributed by atoms with Crippen molar-refractivity contribution in [3.8, 4) is 0 Å². The molecule has 0 aromatic rings. The van der Waals surface area contributed by atoms with Crippen molar-refractivity contribution in [2.24, 2.45) is 5.41 Å². The Balaban J connectivity index is 5.26. The van der Waals surface area contributed by atoms with Crippen molar-refractivity contribution >= 4 is 5.97 Å². The Kier molecular flexibility index (Phi) is 8.54. The molecule has 0 aliphatic carbocycles. The SMILES string of the molecule is CCC(C)(C(=O)OCC(F)(F)C(F)(F)CCC(F)(F)C(F)(F)CC(F)F)C(F)(F)F. The quantitative estimate of drug-likeness (QED) is 0.252. The largest absolute Gasteiger partial charge is 0.458 e. The molecule has 0 aromatic heterocycles. The number of rotatable bonds is 11. The summed E-state index contributed by atoms with van der Waals surface area (Å²) in [6, 6.07) is 0. The molecular weight excluding hydrogens is 459 g/mol. The van der Waals surface area contributed by atoms with Gasteiger partial charge in [0.1, 0.15) is 0 Å². The summed E-state index contributed by atoms with van der Waals surface area (Å²) in [5.41, 5.74) is -3.33. The zero-order valence-corrected chi connectivity index (χ0v) is 15.3. The Hall–Kier alpha value is -1.44. The van der Waals surface area contributed by atoms with Crippen LogP contribution in [0.15, 0.2) is 0 Å². The predicted molar refractivity (Wildman–Crippen MR) is 75.1 cm³/mol. The van der Waals surface area contributed by atoms with Crippen LogP contribution in [0.2, 0.25) is 0 Å². The van der Waals surface area contributed by atoms with Crippen molar-refractivity contribution in [3.05, 3.63) is 0 Å². The normalized spacial score (nSPS) is 16.5. The van der Waals surface area contributed by atoms with Gasteiger partial charge in [-0.05, 0) is 13.3 Å². The predicted octanol–water partition coefficient (Wildman–Crippen LogP) is 6.48. The summed E-state index contributed by atoms with van der Waals surface area (Å²) in [4.78, 5) is 11.5. The van der Waals surface area contributed by atoms with Crippen molar-refractivity contribution in [2.45, 2.75) is 75.8 Å². The Bertz CT molecular complexity index is 586. The minimum absolute atomic E-state index is 0.247. The average Bonchev–Trinajstić information content (AvgIpc) is 2.54. The lowest BCUT2D eigenvalue weighted by Crippen LogP contribution is -2.50. The Morgan fingerprint density at radius 1 is 0.767 bits per heavy atom. The number of hydrogen-bond acceptors (Lipinski definition) is 2. The summed E-state index contributed by atoms with van der Waals surface area (Å²) in [7, 11) is 0. The molecule has 0 amide bonds. The van der Waals surface area contributed by atoms with Gasteiger partial charge in [0, 0.05) is 12.8 Å². The zero-order valence-electron chi connectivity index (χ0n) is 15.3. The Morgan fingerprint density at radius 3 is 1.50 bits per heavy atom. The highest BCUT2D eigenvalue weighted by molar-refractivity contribution is 5.77. The number of ether oxygens (including phenoxy) is 1. The highest BCUT2D eigenvalue weighted by atomic mass is 19.4. The van der Waals surface area contributed by atoms with Crippen LogP contribution in [-0.4, -0.2) is 48.9 Å². The highest BCUT2D eigenvalue weighted by Crippen LogP contribution is 2.47. The second-order valence-electron chi connectivity index (χ2n) is 6.67. The van der Waals surface area contributed by atoms with Crippen molar-refractivity contribution in [2.75, 3.05) is 6.61 Å². The molecule has 0 aliphatic heterocycles. The molecule has 180 valence electrons. The van der Waals surface area contributed by atoms with Crippen LogP contribution < -0.4 is 0 Å². The summed E-state index contributed by atoms with van der Waals surface area (Å²) in [5, 5.41) is 0. The van der Waals surface area contributed by atoms with E-state index in [1.165, 1.54) is 0 Å². The van der Waals surface area contributed by atoms with Gasteiger partial charge in [-0.15, -0.1) is 0 Å². The molecule has 2 nitrogen and oxygen atoms in total. The molecule has 0 bridgehead atoms. The van der Waals surface area contributed by atoms with E-state index in [1.54, 1.807) is 0 Å². The first-order valence-electron chi connectivity index (χ1n) is 8.10. The Morgan fingerprint density at radius 2 is 1.17 bits per heavy atom. The van der Waals surface area contributed by atoms with Crippen LogP contribution in [0.25, 0.3) is 0 Å². The van der Waals surface area contributed by atoms with Gasteiger partial charge < -0.3 is 4.74 Å². The van der Waals surface area contributed by atoms with E-state index in [2.05, 4.69) is 4.74 Å². The first-order chi connectivity index (χ1) is 13.1. The fourth-order valence-corrected chi connectivity index (χ4v) is 1.90. The molecular formula is C15H17F13O2. The van der Waals surface area contributed by atoms with Gasteiger partial charge in [-0.1, -0.05) is 6.92 Å². The minimum atomic E-state index is -5.54. The lowest BCUT2D eigenvalue weighted by Gasteiger charge is -2.32. The van der Waals surface area contributed by atoms with Crippen LogP contribution in [-0.2, 0) is 9.53 Å². The molecule has 1 atom stereocenters. The fourth-order valence-electron chi connectivity index (χ4n) is 1.90. The molecule has 0 spiro atoms. The molecule has 0 aliphatic rings. The molecule has 0 saturated carbocycles. The molecule has 0 heterocycles. The standard InChI is InChI=1S/C15H17F13O2/c1-3-10(2,15(26,27)28)9(29)30-7-14(24,25)12(20,21)5-4-11(18,19)13(22,23)6-8(16)17/h8H,3-7H2,1-2H3. The van der Waals surface area contributed by atoms with Gasteiger partial charge >= 0.3 is 35.8 Å². The van der Waals surface area contributed by atoms with Gasteiger partial charge in [0.25, 0.3) is 0 Å². The van der Waals surface area contributed by atoms with Crippen LogP contribution in [0, 0.1) is 5.41 Å². The number of halogens is 13. The van der Waals surface area contributed by atoms with E-state index in [0.29, 0.717) is 0 Å². The van der Waals surface area contributed by atoms with Crippen LogP contribution in [0.5, 0.6) is 0 Å². The van der Waals surface area contributed by atoms with E-state index < -0.39 is 80.0 Å². The van der Waals surface area contributed by atoms with E-state index in [0.717, 1.165) is 6.92 Å². The van der Waals surface area contributed by atoms with Crippen molar-refractivity contribution in [1.29, 1.82) is 0 Å². The van der Waals surface area contributed by atoms with Gasteiger partial charge in [0.2, 0.25) is 6.43 Å². The third-order valence-electron chi connectivity index (χ3n) is 4.40. The van der Waals surface area contributed by atoms with E-state index >= 15 is 0 Å². The molecule has 0 fully saturated rings. The van der Waals surface area contributed by atoms with Gasteiger partial charge in [0.05, 0.1) is 6.42 Å². The monoisotopic (exact) mass is 476 g/mol. The summed E-state index contributed by atoms with van der Waals surface area (Å²) >= 11 is 0. The summed E-state index contributed by atoms with van der Waals surface area (Å²) in [6.45, 7) is -1.59. The average molecular weight is 476 g/mol. The highest BCUT2D eigenvalue weighted by Gasteiger charge is 2.63. The number of esters is 1. The Labute approximate surface area is 161 Å². The van der Waals surface area contributed by atoms with Gasteiger partial charge in [0.15, 0.2) is 12.0 Å². The molecule has 30 heavy (non-hydrogen) atoms. The van der Waals surface area contributed by atoms with E-state index in [4.69, 9.17) is 0 Å². The first-order valence-corrected chi connectivity index (χ1v) is 8.10. The molecule has 15 heteroatoms. The second-order valence-corrected chi connectivity index (χ2v) is 6.67. The number of carbonyl (C=O) groups is 1. The third kappa shape index (κ3) is 6.28. The van der Waals surface area contributed by atoms with Crippen molar-refractivity contribution < 1.29 is 66.6 Å². The maximum absolute atomic E-state index is 13.6.